The van der Waals surface area contributed by atoms with E-state index in [1.807, 2.05) is 29.6 Å². The number of carbonyl (C=O) groups excluding carboxylic acids is 1. The van der Waals surface area contributed by atoms with Crippen LogP contribution in [-0.4, -0.2) is 18.0 Å². The lowest BCUT2D eigenvalue weighted by atomic mass is 10.2. The van der Waals surface area contributed by atoms with Crippen LogP contribution in [0, 0.1) is 0 Å². The monoisotopic (exact) mass is 404 g/mol. The zero-order valence-electron chi connectivity index (χ0n) is 13.7. The molecule has 0 saturated carbocycles. The van der Waals surface area contributed by atoms with E-state index < -0.39 is 0 Å². The molecule has 4 nitrogen and oxygen atoms in total. The van der Waals surface area contributed by atoms with Crippen molar-refractivity contribution in [2.75, 3.05) is 12.4 Å². The van der Waals surface area contributed by atoms with Gasteiger partial charge >= 0.3 is 0 Å². The van der Waals surface area contributed by atoms with Gasteiger partial charge in [0, 0.05) is 27.1 Å². The molecule has 7 heteroatoms. The molecule has 0 aliphatic carbocycles. The number of anilines is 1. The molecule has 1 amide bonds. The summed E-state index contributed by atoms with van der Waals surface area (Å²) in [6.07, 6.45) is 3.04. The molecule has 0 spiro atoms. The lowest BCUT2D eigenvalue weighted by molar-refractivity contribution is -0.111. The number of carbonyl (C=O) groups is 1. The van der Waals surface area contributed by atoms with Gasteiger partial charge in [0.1, 0.15) is 5.75 Å². The van der Waals surface area contributed by atoms with Gasteiger partial charge in [0.25, 0.3) is 0 Å². The number of ether oxygens (including phenoxy) is 1. The maximum Gasteiger partial charge on any atom is 0.250 e. The number of amides is 1. The molecule has 1 N–H and O–H groups in total. The molecule has 0 radical (unpaired) electrons. The number of hydrogen-bond acceptors (Lipinski definition) is 4. The van der Waals surface area contributed by atoms with Gasteiger partial charge in [0.05, 0.1) is 12.8 Å². The molecule has 26 heavy (non-hydrogen) atoms. The highest BCUT2D eigenvalue weighted by atomic mass is 35.5. The third-order valence-electron chi connectivity index (χ3n) is 3.50. The Kier molecular flexibility index (Phi) is 5.93. The van der Waals surface area contributed by atoms with Crippen LogP contribution < -0.4 is 10.1 Å². The van der Waals surface area contributed by atoms with Crippen LogP contribution in [0.2, 0.25) is 10.0 Å². The van der Waals surface area contributed by atoms with Crippen LogP contribution in [-0.2, 0) is 4.79 Å². The Morgan fingerprint density at radius 2 is 1.96 bits per heavy atom. The zero-order chi connectivity index (χ0) is 18.5. The van der Waals surface area contributed by atoms with Gasteiger partial charge in [-0.3, -0.25) is 10.1 Å². The Labute approximate surface area is 165 Å². The first-order valence-electron chi connectivity index (χ1n) is 7.59. The molecule has 0 fully saturated rings. The average molecular weight is 405 g/mol. The Bertz CT molecular complexity index is 952. The summed E-state index contributed by atoms with van der Waals surface area (Å²) in [7, 11) is 1.62. The Morgan fingerprint density at radius 1 is 1.19 bits per heavy atom. The predicted octanol–water partition coefficient (Wildman–Crippen LogP) is 5.78. The Balaban J connectivity index is 1.66. The molecule has 3 rings (SSSR count). The van der Waals surface area contributed by atoms with E-state index in [2.05, 4.69) is 10.3 Å². The van der Waals surface area contributed by atoms with Crippen LogP contribution >= 0.6 is 34.5 Å². The van der Waals surface area contributed by atoms with Gasteiger partial charge in [-0.15, -0.1) is 11.3 Å². The fourth-order valence-corrected chi connectivity index (χ4v) is 3.37. The van der Waals surface area contributed by atoms with Crippen LogP contribution in [0.3, 0.4) is 0 Å². The van der Waals surface area contributed by atoms with E-state index in [1.54, 1.807) is 31.4 Å². The molecule has 1 heterocycles. The van der Waals surface area contributed by atoms with Gasteiger partial charge in [-0.05, 0) is 48.0 Å². The van der Waals surface area contributed by atoms with E-state index in [0.29, 0.717) is 20.7 Å². The standard InChI is InChI=1S/C19H14Cl2N2O2S/c1-25-15-7-3-13(4-8-15)17-11-26-19(22-17)23-18(24)9-5-12-2-6-14(20)10-16(12)21/h2-11H,1H3,(H,22,23,24)/b9-5+. The van der Waals surface area contributed by atoms with Crippen molar-refractivity contribution in [1.82, 2.24) is 4.98 Å². The van der Waals surface area contributed by atoms with E-state index in [9.17, 15) is 4.79 Å². The molecule has 0 saturated heterocycles. The molecule has 3 aromatic rings. The third-order valence-corrected chi connectivity index (χ3v) is 4.82. The van der Waals surface area contributed by atoms with Crippen molar-refractivity contribution in [3.05, 3.63) is 69.5 Å². The second-order valence-corrected chi connectivity index (χ2v) is 6.96. The summed E-state index contributed by atoms with van der Waals surface area (Å²) in [6.45, 7) is 0. The lowest BCUT2D eigenvalue weighted by Crippen LogP contribution is -2.07. The van der Waals surface area contributed by atoms with E-state index in [0.717, 1.165) is 17.0 Å². The summed E-state index contributed by atoms with van der Waals surface area (Å²) in [5, 5.41) is 6.18. The summed E-state index contributed by atoms with van der Waals surface area (Å²) in [5.41, 5.74) is 2.45. The topological polar surface area (TPSA) is 51.2 Å². The number of rotatable bonds is 5. The molecule has 1 aromatic heterocycles. The maximum absolute atomic E-state index is 12.1. The Morgan fingerprint density at radius 3 is 2.65 bits per heavy atom. The number of benzene rings is 2. The van der Waals surface area contributed by atoms with Crippen molar-refractivity contribution in [1.29, 1.82) is 0 Å². The van der Waals surface area contributed by atoms with Gasteiger partial charge in [-0.1, -0.05) is 29.3 Å². The summed E-state index contributed by atoms with van der Waals surface area (Å²) in [4.78, 5) is 16.5. The highest BCUT2D eigenvalue weighted by Gasteiger charge is 2.07. The molecule has 2 aromatic carbocycles. The molecule has 132 valence electrons. The fraction of sp³-hybridized carbons (Fsp3) is 0.0526. The summed E-state index contributed by atoms with van der Waals surface area (Å²) >= 11 is 13.3. The largest absolute Gasteiger partial charge is 0.497 e. The molecule has 0 aliphatic heterocycles. The van der Waals surface area contributed by atoms with Crippen molar-refractivity contribution in [3.8, 4) is 17.0 Å². The molecule has 0 bridgehead atoms. The number of aromatic nitrogens is 1. The molecule has 0 atom stereocenters. The Hall–Kier alpha value is -2.34. The number of nitrogens with one attached hydrogen (secondary N) is 1. The highest BCUT2D eigenvalue weighted by molar-refractivity contribution is 7.14. The van der Waals surface area contributed by atoms with E-state index >= 15 is 0 Å². The summed E-state index contributed by atoms with van der Waals surface area (Å²) < 4.78 is 5.14. The minimum atomic E-state index is -0.286. The van der Waals surface area contributed by atoms with Crippen LogP contribution in [0.1, 0.15) is 5.56 Å². The number of hydrogen-bond donors (Lipinski definition) is 1. The number of methoxy groups -OCH3 is 1. The van der Waals surface area contributed by atoms with Crippen LogP contribution in [0.25, 0.3) is 17.3 Å². The molecular formula is C19H14Cl2N2O2S. The number of thiazole rings is 1. The second-order valence-electron chi connectivity index (χ2n) is 5.25. The lowest BCUT2D eigenvalue weighted by Gasteiger charge is -2.01. The second kappa shape index (κ2) is 8.36. The highest BCUT2D eigenvalue weighted by Crippen LogP contribution is 2.26. The quantitative estimate of drug-likeness (QED) is 0.548. The number of halogens is 2. The first kappa shape index (κ1) is 18.5. The van der Waals surface area contributed by atoms with Crippen molar-refractivity contribution < 1.29 is 9.53 Å². The third kappa shape index (κ3) is 4.64. The summed E-state index contributed by atoms with van der Waals surface area (Å²) in [5.74, 6) is 0.496. The van der Waals surface area contributed by atoms with Gasteiger partial charge in [0.15, 0.2) is 5.13 Å². The van der Waals surface area contributed by atoms with Crippen LogP contribution in [0.15, 0.2) is 53.9 Å². The van der Waals surface area contributed by atoms with Crippen molar-refractivity contribution in [2.24, 2.45) is 0 Å². The first-order chi connectivity index (χ1) is 12.5. The van der Waals surface area contributed by atoms with Crippen LogP contribution in [0.5, 0.6) is 5.75 Å². The number of nitrogens with zero attached hydrogens (tertiary/aromatic N) is 1. The van der Waals surface area contributed by atoms with Crippen molar-refractivity contribution >= 4 is 51.7 Å². The van der Waals surface area contributed by atoms with E-state index in [1.165, 1.54) is 17.4 Å². The van der Waals surface area contributed by atoms with E-state index in [4.69, 9.17) is 27.9 Å². The SMILES string of the molecule is COc1ccc(-c2csc(NC(=O)/C=C/c3ccc(Cl)cc3Cl)n2)cc1. The smallest absolute Gasteiger partial charge is 0.250 e. The van der Waals surface area contributed by atoms with E-state index in [-0.39, 0.29) is 5.91 Å². The zero-order valence-corrected chi connectivity index (χ0v) is 16.0. The normalized spacial score (nSPS) is 10.9. The van der Waals surface area contributed by atoms with Gasteiger partial charge in [-0.25, -0.2) is 4.98 Å². The van der Waals surface area contributed by atoms with Crippen LogP contribution in [0.4, 0.5) is 5.13 Å². The van der Waals surface area contributed by atoms with Crippen molar-refractivity contribution in [3.63, 3.8) is 0 Å². The van der Waals surface area contributed by atoms with Gasteiger partial charge in [0.2, 0.25) is 5.91 Å². The minimum absolute atomic E-state index is 0.286. The van der Waals surface area contributed by atoms with Crippen molar-refractivity contribution in [2.45, 2.75) is 0 Å². The summed E-state index contributed by atoms with van der Waals surface area (Å²) in [6, 6.07) is 12.7. The van der Waals surface area contributed by atoms with Gasteiger partial charge < -0.3 is 4.74 Å². The fourth-order valence-electron chi connectivity index (χ4n) is 2.17. The minimum Gasteiger partial charge on any atom is -0.497 e. The predicted molar refractivity (Wildman–Crippen MR) is 108 cm³/mol. The average Bonchev–Trinajstić information content (AvgIpc) is 3.09. The molecule has 0 aliphatic rings. The molecular weight excluding hydrogens is 391 g/mol. The van der Waals surface area contributed by atoms with Gasteiger partial charge in [-0.2, -0.15) is 0 Å². The molecule has 0 unspecified atom stereocenters. The first-order valence-corrected chi connectivity index (χ1v) is 9.23. The maximum atomic E-state index is 12.1.